The third kappa shape index (κ3) is 1.30. The summed E-state index contributed by atoms with van der Waals surface area (Å²) in [6.45, 7) is 0. The Labute approximate surface area is 123 Å². The highest BCUT2D eigenvalue weighted by Gasteiger charge is 2.11. The Morgan fingerprint density at radius 3 is 1.55 bits per heavy atom. The zero-order valence-electron chi connectivity index (χ0n) is 10.6. The molecule has 0 unspecified atom stereocenters. The molecule has 0 saturated heterocycles. The first-order valence-corrected chi connectivity index (χ1v) is 8.37. The molecule has 5 aromatic rings. The van der Waals surface area contributed by atoms with Crippen LogP contribution in [0.15, 0.2) is 59.3 Å². The van der Waals surface area contributed by atoms with Crippen molar-refractivity contribution in [1.29, 1.82) is 0 Å². The molecule has 0 bridgehead atoms. The molecule has 0 saturated carbocycles. The molecule has 20 heavy (non-hydrogen) atoms. The van der Waals surface area contributed by atoms with Gasteiger partial charge in [0.15, 0.2) is 0 Å². The van der Waals surface area contributed by atoms with Crippen molar-refractivity contribution in [3.63, 3.8) is 0 Å². The Morgan fingerprint density at radius 1 is 0.550 bits per heavy atom. The molecule has 2 aromatic heterocycles. The molecule has 0 spiro atoms. The molecule has 0 aliphatic heterocycles. The van der Waals surface area contributed by atoms with Crippen LogP contribution in [-0.2, 0) is 0 Å². The number of benzene rings is 3. The van der Waals surface area contributed by atoms with E-state index < -0.39 is 0 Å². The fourth-order valence-corrected chi connectivity index (χ4v) is 5.09. The van der Waals surface area contributed by atoms with E-state index >= 15 is 0 Å². The second-order valence-electron chi connectivity index (χ2n) is 5.07. The molecule has 0 amide bonds. The van der Waals surface area contributed by atoms with Crippen molar-refractivity contribution < 1.29 is 0 Å². The van der Waals surface area contributed by atoms with E-state index in [0.29, 0.717) is 0 Å². The SMILES string of the molecule is c1ccc2cc3c(cc2c1)c1ccsc1c1sccc31. The first-order chi connectivity index (χ1) is 9.92. The second-order valence-corrected chi connectivity index (χ2v) is 6.90. The molecule has 3 aromatic carbocycles. The number of hydrogen-bond donors (Lipinski definition) is 0. The summed E-state index contributed by atoms with van der Waals surface area (Å²) in [5.41, 5.74) is 0. The van der Waals surface area contributed by atoms with Crippen LogP contribution in [0.5, 0.6) is 0 Å². The molecule has 0 N–H and O–H groups in total. The molecule has 0 aliphatic carbocycles. The summed E-state index contributed by atoms with van der Waals surface area (Å²) in [5.74, 6) is 0. The predicted molar refractivity (Wildman–Crippen MR) is 92.2 cm³/mol. The van der Waals surface area contributed by atoms with E-state index in [2.05, 4.69) is 59.3 Å². The summed E-state index contributed by atoms with van der Waals surface area (Å²) < 4.78 is 2.86. The highest BCUT2D eigenvalue weighted by atomic mass is 32.1. The summed E-state index contributed by atoms with van der Waals surface area (Å²) in [5, 5.41) is 12.6. The Kier molecular flexibility index (Phi) is 2.07. The maximum atomic E-state index is 2.34. The lowest BCUT2D eigenvalue weighted by Gasteiger charge is -2.06. The van der Waals surface area contributed by atoms with Gasteiger partial charge in [-0.15, -0.1) is 22.7 Å². The molecular weight excluding hydrogens is 280 g/mol. The Balaban J connectivity index is 2.19. The minimum absolute atomic E-state index is 1.32. The Morgan fingerprint density at radius 2 is 1.05 bits per heavy atom. The molecule has 0 atom stereocenters. The van der Waals surface area contributed by atoms with Gasteiger partial charge >= 0.3 is 0 Å². The number of fused-ring (bicyclic) bond motifs is 7. The lowest BCUT2D eigenvalue weighted by Crippen LogP contribution is -1.78. The first-order valence-electron chi connectivity index (χ1n) is 6.61. The number of thiophene rings is 2. The van der Waals surface area contributed by atoms with E-state index in [1.807, 2.05) is 22.7 Å². The number of rotatable bonds is 0. The molecule has 5 rings (SSSR count). The summed E-state index contributed by atoms with van der Waals surface area (Å²) in [6.07, 6.45) is 0. The highest BCUT2D eigenvalue weighted by Crippen LogP contribution is 2.41. The molecule has 0 fully saturated rings. The van der Waals surface area contributed by atoms with Gasteiger partial charge in [0.25, 0.3) is 0 Å². The average Bonchev–Trinajstić information content (AvgIpc) is 3.14. The predicted octanol–water partition coefficient (Wildman–Crippen LogP) is 6.42. The molecule has 2 heteroatoms. The third-order valence-corrected chi connectivity index (χ3v) is 6.00. The van der Waals surface area contributed by atoms with Gasteiger partial charge in [-0.3, -0.25) is 0 Å². The van der Waals surface area contributed by atoms with Crippen molar-refractivity contribution in [1.82, 2.24) is 0 Å². The van der Waals surface area contributed by atoms with E-state index in [-0.39, 0.29) is 0 Å². The second kappa shape index (κ2) is 3.81. The van der Waals surface area contributed by atoms with Crippen LogP contribution in [0.4, 0.5) is 0 Å². The van der Waals surface area contributed by atoms with Crippen molar-refractivity contribution in [2.45, 2.75) is 0 Å². The van der Waals surface area contributed by atoms with Crippen LogP contribution in [0.1, 0.15) is 0 Å². The summed E-state index contributed by atoms with van der Waals surface area (Å²) in [4.78, 5) is 0. The van der Waals surface area contributed by atoms with Gasteiger partial charge in [-0.05, 0) is 56.6 Å². The minimum atomic E-state index is 1.32. The molecule has 0 aliphatic rings. The minimum Gasteiger partial charge on any atom is -0.142 e. The fourth-order valence-electron chi connectivity index (χ4n) is 3.08. The van der Waals surface area contributed by atoms with Gasteiger partial charge in [0.2, 0.25) is 0 Å². The lowest BCUT2D eigenvalue weighted by molar-refractivity contribution is 1.81. The van der Waals surface area contributed by atoms with Crippen LogP contribution in [-0.4, -0.2) is 0 Å². The van der Waals surface area contributed by atoms with E-state index in [1.165, 1.54) is 41.7 Å². The van der Waals surface area contributed by atoms with Crippen molar-refractivity contribution in [2.24, 2.45) is 0 Å². The van der Waals surface area contributed by atoms with Crippen molar-refractivity contribution >= 4 is 64.4 Å². The number of hydrogen-bond acceptors (Lipinski definition) is 2. The van der Waals surface area contributed by atoms with Gasteiger partial charge in [-0.25, -0.2) is 0 Å². The molecule has 2 heterocycles. The van der Waals surface area contributed by atoms with Crippen LogP contribution < -0.4 is 0 Å². The van der Waals surface area contributed by atoms with Crippen LogP contribution in [0.25, 0.3) is 41.7 Å². The lowest BCUT2D eigenvalue weighted by atomic mass is 9.99. The average molecular weight is 290 g/mol. The monoisotopic (exact) mass is 290 g/mol. The van der Waals surface area contributed by atoms with E-state index in [9.17, 15) is 0 Å². The van der Waals surface area contributed by atoms with Crippen LogP contribution in [0, 0.1) is 0 Å². The maximum absolute atomic E-state index is 2.34. The molecule has 94 valence electrons. The highest BCUT2D eigenvalue weighted by molar-refractivity contribution is 7.25. The summed E-state index contributed by atoms with van der Waals surface area (Å²) in [6, 6.07) is 17.8. The van der Waals surface area contributed by atoms with Crippen molar-refractivity contribution in [2.75, 3.05) is 0 Å². The summed E-state index contributed by atoms with van der Waals surface area (Å²) in [7, 11) is 0. The third-order valence-electron chi connectivity index (χ3n) is 4.00. The van der Waals surface area contributed by atoms with E-state index in [1.54, 1.807) is 0 Å². The van der Waals surface area contributed by atoms with E-state index in [0.717, 1.165) is 0 Å². The van der Waals surface area contributed by atoms with Crippen LogP contribution in [0.2, 0.25) is 0 Å². The van der Waals surface area contributed by atoms with Gasteiger partial charge in [-0.1, -0.05) is 24.3 Å². The Hall–Kier alpha value is -1.90. The Bertz CT molecular complexity index is 1010. The first kappa shape index (κ1) is 10.8. The normalized spacial score (nSPS) is 12.0. The van der Waals surface area contributed by atoms with Gasteiger partial charge in [-0.2, -0.15) is 0 Å². The largest absolute Gasteiger partial charge is 0.142 e. The van der Waals surface area contributed by atoms with Gasteiger partial charge in [0, 0.05) is 10.8 Å². The van der Waals surface area contributed by atoms with Crippen molar-refractivity contribution in [3.05, 3.63) is 59.3 Å². The quantitative estimate of drug-likeness (QED) is 0.289. The van der Waals surface area contributed by atoms with Crippen LogP contribution in [0.3, 0.4) is 0 Å². The molecular formula is C18H10S2. The zero-order valence-corrected chi connectivity index (χ0v) is 12.2. The standard InChI is InChI=1S/C18H10S2/c1-2-4-12-10-16-14-6-8-20-18(14)17-13(5-7-19-17)15(16)9-11(12)3-1/h1-10H. The maximum Gasteiger partial charge on any atom is 0.0527 e. The van der Waals surface area contributed by atoms with Gasteiger partial charge < -0.3 is 0 Å². The van der Waals surface area contributed by atoms with Gasteiger partial charge in [0.05, 0.1) is 9.40 Å². The van der Waals surface area contributed by atoms with E-state index in [4.69, 9.17) is 0 Å². The smallest absolute Gasteiger partial charge is 0.0527 e. The molecule has 0 radical (unpaired) electrons. The topological polar surface area (TPSA) is 0 Å². The van der Waals surface area contributed by atoms with Gasteiger partial charge in [0.1, 0.15) is 0 Å². The fraction of sp³-hybridized carbons (Fsp3) is 0. The summed E-state index contributed by atoms with van der Waals surface area (Å²) >= 11 is 3.70. The zero-order chi connectivity index (χ0) is 13.1. The van der Waals surface area contributed by atoms with Crippen LogP contribution >= 0.6 is 22.7 Å². The van der Waals surface area contributed by atoms with Crippen molar-refractivity contribution in [3.8, 4) is 0 Å². The molecule has 0 nitrogen and oxygen atoms in total.